The summed E-state index contributed by atoms with van der Waals surface area (Å²) in [5.41, 5.74) is 7.25. The van der Waals surface area contributed by atoms with E-state index < -0.39 is 0 Å². The number of aromatic nitrogens is 4. The number of carbonyl (C=O) groups is 1. The fourth-order valence-electron chi connectivity index (χ4n) is 4.07. The number of hydrogen-bond donors (Lipinski definition) is 3. The normalized spacial score (nSPS) is 15.6. The van der Waals surface area contributed by atoms with Crippen molar-refractivity contribution < 1.29 is 4.79 Å². The zero-order valence-electron chi connectivity index (χ0n) is 15.8. The van der Waals surface area contributed by atoms with E-state index in [0.29, 0.717) is 6.42 Å². The Balaban J connectivity index is 1.66. The molecule has 3 heterocycles. The van der Waals surface area contributed by atoms with Gasteiger partial charge in [-0.15, -0.1) is 0 Å². The minimum absolute atomic E-state index is 0.0451. The Morgan fingerprint density at radius 2 is 1.93 bits per heavy atom. The van der Waals surface area contributed by atoms with Gasteiger partial charge < -0.3 is 15.3 Å². The molecule has 0 fully saturated rings. The predicted molar refractivity (Wildman–Crippen MR) is 110 cm³/mol. The van der Waals surface area contributed by atoms with Crippen molar-refractivity contribution in [1.82, 2.24) is 19.9 Å². The largest absolute Gasteiger partial charge is 0.356 e. The van der Waals surface area contributed by atoms with Crippen LogP contribution in [0, 0.1) is 5.41 Å². The van der Waals surface area contributed by atoms with Crippen LogP contribution in [0.25, 0.3) is 22.3 Å². The molecule has 6 nitrogen and oxygen atoms in total. The molecule has 1 aliphatic rings. The minimum Gasteiger partial charge on any atom is -0.356 e. The van der Waals surface area contributed by atoms with Crippen molar-refractivity contribution in [3.05, 3.63) is 60.3 Å². The second kappa shape index (κ2) is 6.05. The number of benzene rings is 1. The summed E-state index contributed by atoms with van der Waals surface area (Å²) in [4.78, 5) is 28.1. The van der Waals surface area contributed by atoms with Crippen LogP contribution in [-0.2, 0) is 6.42 Å². The van der Waals surface area contributed by atoms with Crippen molar-refractivity contribution >= 4 is 28.2 Å². The standard InChI is InChI=1S/C22H21N5O/c1-22(2)10-17-19(18(28)11-22)21(20(27-17)13-5-7-23-8-6-13)26-14-3-4-15-16(9-14)25-12-24-15/h3-9,12,26-27H,10-11H2,1-2H3,(H,24,25). The van der Waals surface area contributed by atoms with E-state index >= 15 is 0 Å². The SMILES string of the molecule is CC1(C)CC(=O)c2c([nH]c(-c3ccncc3)c2Nc2ccc3nc[nH]c3c2)C1. The van der Waals surface area contributed by atoms with E-state index in [1.165, 1.54) is 0 Å². The fraction of sp³-hybridized carbons (Fsp3) is 0.227. The highest BCUT2D eigenvalue weighted by Crippen LogP contribution is 2.43. The van der Waals surface area contributed by atoms with Gasteiger partial charge in [-0.3, -0.25) is 9.78 Å². The van der Waals surface area contributed by atoms with Crippen LogP contribution >= 0.6 is 0 Å². The van der Waals surface area contributed by atoms with E-state index in [9.17, 15) is 4.79 Å². The third kappa shape index (κ3) is 2.78. The van der Waals surface area contributed by atoms with Crippen LogP contribution < -0.4 is 5.32 Å². The summed E-state index contributed by atoms with van der Waals surface area (Å²) in [7, 11) is 0. The fourth-order valence-corrected chi connectivity index (χ4v) is 4.07. The molecule has 3 N–H and O–H groups in total. The molecule has 1 aromatic carbocycles. The maximum atomic E-state index is 13.0. The van der Waals surface area contributed by atoms with Crippen molar-refractivity contribution in [1.29, 1.82) is 0 Å². The molecule has 3 aromatic heterocycles. The highest BCUT2D eigenvalue weighted by atomic mass is 16.1. The minimum atomic E-state index is -0.0451. The number of rotatable bonds is 3. The average Bonchev–Trinajstić information content (AvgIpc) is 3.26. The van der Waals surface area contributed by atoms with Crippen molar-refractivity contribution in [2.75, 3.05) is 5.32 Å². The van der Waals surface area contributed by atoms with E-state index in [1.807, 2.05) is 30.3 Å². The molecular formula is C22H21N5O. The Hall–Kier alpha value is -3.41. The Morgan fingerprint density at radius 3 is 2.75 bits per heavy atom. The molecule has 0 atom stereocenters. The van der Waals surface area contributed by atoms with Gasteiger partial charge in [0.15, 0.2) is 5.78 Å². The van der Waals surface area contributed by atoms with Gasteiger partial charge in [0.1, 0.15) is 0 Å². The lowest BCUT2D eigenvalue weighted by Crippen LogP contribution is -2.26. The number of pyridine rings is 1. The number of imidazole rings is 1. The molecule has 0 radical (unpaired) electrons. The van der Waals surface area contributed by atoms with E-state index in [1.54, 1.807) is 18.7 Å². The summed E-state index contributed by atoms with van der Waals surface area (Å²) in [5.74, 6) is 0.174. The Bertz CT molecular complexity index is 1190. The zero-order valence-corrected chi connectivity index (χ0v) is 15.8. The summed E-state index contributed by atoms with van der Waals surface area (Å²) in [6.07, 6.45) is 6.60. The first kappa shape index (κ1) is 16.7. The van der Waals surface area contributed by atoms with Crippen LogP contribution in [0.4, 0.5) is 11.4 Å². The molecule has 0 saturated heterocycles. The maximum absolute atomic E-state index is 13.0. The number of H-pyrrole nitrogens is 2. The van der Waals surface area contributed by atoms with Gasteiger partial charge in [-0.2, -0.15) is 0 Å². The highest BCUT2D eigenvalue weighted by molar-refractivity contribution is 6.07. The van der Waals surface area contributed by atoms with Gasteiger partial charge in [-0.25, -0.2) is 4.98 Å². The number of hydrogen-bond acceptors (Lipinski definition) is 4. The number of carbonyl (C=O) groups excluding carboxylic acids is 1. The van der Waals surface area contributed by atoms with E-state index in [0.717, 1.165) is 51.3 Å². The summed E-state index contributed by atoms with van der Waals surface area (Å²) >= 11 is 0. The van der Waals surface area contributed by atoms with Crippen molar-refractivity contribution in [2.24, 2.45) is 5.41 Å². The van der Waals surface area contributed by atoms with Gasteiger partial charge in [0.2, 0.25) is 0 Å². The van der Waals surface area contributed by atoms with E-state index in [-0.39, 0.29) is 11.2 Å². The smallest absolute Gasteiger partial charge is 0.167 e. The summed E-state index contributed by atoms with van der Waals surface area (Å²) in [6.45, 7) is 4.28. The molecule has 0 unspecified atom stereocenters. The monoisotopic (exact) mass is 371 g/mol. The molecule has 1 aliphatic carbocycles. The molecule has 0 amide bonds. The lowest BCUT2D eigenvalue weighted by atomic mass is 9.76. The summed E-state index contributed by atoms with van der Waals surface area (Å²) in [6, 6.07) is 9.86. The molecule has 6 heteroatoms. The van der Waals surface area contributed by atoms with Gasteiger partial charge in [0, 0.05) is 35.8 Å². The number of aromatic amines is 2. The van der Waals surface area contributed by atoms with Crippen LogP contribution in [0.5, 0.6) is 0 Å². The number of anilines is 2. The first-order valence-corrected chi connectivity index (χ1v) is 9.39. The van der Waals surface area contributed by atoms with Crippen molar-refractivity contribution in [2.45, 2.75) is 26.7 Å². The van der Waals surface area contributed by atoms with E-state index in [4.69, 9.17) is 0 Å². The van der Waals surface area contributed by atoms with Crippen LogP contribution in [0.2, 0.25) is 0 Å². The van der Waals surface area contributed by atoms with Gasteiger partial charge in [-0.1, -0.05) is 13.8 Å². The van der Waals surface area contributed by atoms with Gasteiger partial charge in [0.05, 0.1) is 34.3 Å². The Labute approximate surface area is 162 Å². The van der Waals surface area contributed by atoms with Crippen molar-refractivity contribution in [3.8, 4) is 11.3 Å². The quantitative estimate of drug-likeness (QED) is 0.480. The van der Waals surface area contributed by atoms with Crippen molar-refractivity contribution in [3.63, 3.8) is 0 Å². The molecule has 4 aromatic rings. The molecule has 0 saturated carbocycles. The van der Waals surface area contributed by atoms with Crippen LogP contribution in [0.1, 0.15) is 36.3 Å². The average molecular weight is 371 g/mol. The number of nitrogens with one attached hydrogen (secondary N) is 3. The molecule has 5 rings (SSSR count). The molecule has 140 valence electrons. The third-order valence-corrected chi connectivity index (χ3v) is 5.31. The summed E-state index contributed by atoms with van der Waals surface area (Å²) in [5, 5.41) is 3.50. The topological polar surface area (TPSA) is 86.5 Å². The second-order valence-electron chi connectivity index (χ2n) is 8.16. The molecule has 0 bridgehead atoms. The third-order valence-electron chi connectivity index (χ3n) is 5.31. The first-order valence-electron chi connectivity index (χ1n) is 9.39. The highest BCUT2D eigenvalue weighted by Gasteiger charge is 2.35. The maximum Gasteiger partial charge on any atom is 0.167 e. The van der Waals surface area contributed by atoms with Gasteiger partial charge in [0.25, 0.3) is 0 Å². The second-order valence-corrected chi connectivity index (χ2v) is 8.16. The molecule has 28 heavy (non-hydrogen) atoms. The van der Waals surface area contributed by atoms with E-state index in [2.05, 4.69) is 39.1 Å². The first-order chi connectivity index (χ1) is 13.5. The number of nitrogens with zero attached hydrogens (tertiary/aromatic N) is 2. The molecule has 0 spiro atoms. The Kier molecular flexibility index (Phi) is 3.62. The zero-order chi connectivity index (χ0) is 19.3. The van der Waals surface area contributed by atoms with Crippen LogP contribution in [0.15, 0.2) is 49.1 Å². The van der Waals surface area contributed by atoms with Gasteiger partial charge >= 0.3 is 0 Å². The lowest BCUT2D eigenvalue weighted by molar-refractivity contribution is 0.0912. The predicted octanol–water partition coefficient (Wildman–Crippen LogP) is 4.85. The van der Waals surface area contributed by atoms with Gasteiger partial charge in [-0.05, 0) is 42.2 Å². The Morgan fingerprint density at radius 1 is 1.11 bits per heavy atom. The number of ketones is 1. The number of fused-ring (bicyclic) bond motifs is 2. The van der Waals surface area contributed by atoms with Crippen LogP contribution in [0.3, 0.4) is 0 Å². The molecular weight excluding hydrogens is 350 g/mol. The van der Waals surface area contributed by atoms with Crippen LogP contribution in [-0.4, -0.2) is 25.7 Å². The number of Topliss-reactive ketones (excluding diaryl/α,β-unsaturated/α-hetero) is 1. The summed E-state index contributed by atoms with van der Waals surface area (Å²) < 4.78 is 0. The molecule has 0 aliphatic heterocycles. The lowest BCUT2D eigenvalue weighted by Gasteiger charge is -2.28.